The summed E-state index contributed by atoms with van der Waals surface area (Å²) < 4.78 is 10.3. The van der Waals surface area contributed by atoms with Crippen LogP contribution in [0.5, 0.6) is 11.5 Å². The van der Waals surface area contributed by atoms with Crippen LogP contribution >= 0.6 is 12.2 Å². The third-order valence-electron chi connectivity index (χ3n) is 3.00. The molecule has 0 aromatic heterocycles. The molecule has 0 aliphatic rings. The lowest BCUT2D eigenvalue weighted by molar-refractivity contribution is 0.0943. The van der Waals surface area contributed by atoms with Gasteiger partial charge in [-0.25, -0.2) is 0 Å². The zero-order valence-electron chi connectivity index (χ0n) is 13.2. The number of carbonyl (C=O) groups is 1. The maximum absolute atomic E-state index is 12.0. The Morgan fingerprint density at radius 2 is 1.86 bits per heavy atom. The Morgan fingerprint density at radius 3 is 2.50 bits per heavy atom. The number of hydrogen-bond acceptors (Lipinski definition) is 4. The van der Waals surface area contributed by atoms with Crippen LogP contribution in [0, 0.1) is 0 Å². The number of hydrogen-bond donors (Lipinski definition) is 3. The molecular formula is C15H23N3O3S. The van der Waals surface area contributed by atoms with E-state index in [4.69, 9.17) is 21.7 Å². The van der Waals surface area contributed by atoms with Crippen molar-refractivity contribution in [2.24, 2.45) is 0 Å². The van der Waals surface area contributed by atoms with Gasteiger partial charge in [0.15, 0.2) is 16.6 Å². The van der Waals surface area contributed by atoms with Crippen LogP contribution in [0.4, 0.5) is 0 Å². The van der Waals surface area contributed by atoms with E-state index in [9.17, 15) is 4.79 Å². The number of thiocarbonyl (C=S) groups is 1. The van der Waals surface area contributed by atoms with Gasteiger partial charge in [-0.2, -0.15) is 0 Å². The maximum atomic E-state index is 12.0. The van der Waals surface area contributed by atoms with E-state index >= 15 is 0 Å². The molecule has 0 fully saturated rings. The number of ether oxygens (including phenoxy) is 2. The Hall–Kier alpha value is -2.02. The van der Waals surface area contributed by atoms with Gasteiger partial charge >= 0.3 is 0 Å². The summed E-state index contributed by atoms with van der Waals surface area (Å²) in [4.78, 5) is 12.0. The van der Waals surface area contributed by atoms with E-state index in [1.165, 1.54) is 7.11 Å². The first-order valence-corrected chi connectivity index (χ1v) is 7.59. The monoisotopic (exact) mass is 325 g/mol. The van der Waals surface area contributed by atoms with E-state index in [1.54, 1.807) is 25.3 Å². The topological polar surface area (TPSA) is 71.6 Å². The normalized spacial score (nSPS) is 9.77. The molecule has 0 bridgehead atoms. The fraction of sp³-hybridized carbons (Fsp3) is 0.467. The lowest BCUT2D eigenvalue weighted by atomic mass is 10.2. The molecule has 0 unspecified atom stereocenters. The van der Waals surface area contributed by atoms with Crippen molar-refractivity contribution < 1.29 is 14.3 Å². The molecule has 1 rings (SSSR count). The summed E-state index contributed by atoms with van der Waals surface area (Å²) in [5, 5.41) is 3.42. The largest absolute Gasteiger partial charge is 0.493 e. The van der Waals surface area contributed by atoms with Crippen LogP contribution in [0.1, 0.15) is 36.5 Å². The van der Waals surface area contributed by atoms with Gasteiger partial charge in [-0.1, -0.05) is 19.8 Å². The van der Waals surface area contributed by atoms with E-state index < -0.39 is 0 Å². The third-order valence-corrected chi connectivity index (χ3v) is 3.25. The summed E-state index contributed by atoms with van der Waals surface area (Å²) >= 11 is 5.08. The van der Waals surface area contributed by atoms with E-state index in [0.29, 0.717) is 22.2 Å². The fourth-order valence-corrected chi connectivity index (χ4v) is 1.94. The quantitative estimate of drug-likeness (QED) is 0.405. The molecule has 6 nitrogen and oxygen atoms in total. The molecule has 3 N–H and O–H groups in total. The second kappa shape index (κ2) is 9.83. The zero-order valence-corrected chi connectivity index (χ0v) is 14.0. The van der Waals surface area contributed by atoms with Crippen molar-refractivity contribution in [3.8, 4) is 11.5 Å². The molecule has 7 heteroatoms. The second-order valence-electron chi connectivity index (χ2n) is 4.61. The van der Waals surface area contributed by atoms with Crippen LogP contribution < -0.4 is 25.6 Å². The van der Waals surface area contributed by atoms with Gasteiger partial charge in [0, 0.05) is 12.1 Å². The maximum Gasteiger partial charge on any atom is 0.269 e. The average molecular weight is 325 g/mol. The number of benzene rings is 1. The SMILES string of the molecule is CCCCCNC(=S)NNC(=O)c1ccc(OC)c(OC)c1. The van der Waals surface area contributed by atoms with E-state index in [0.717, 1.165) is 25.8 Å². The molecular weight excluding hydrogens is 302 g/mol. The number of nitrogens with one attached hydrogen (secondary N) is 3. The number of hydrazine groups is 1. The predicted octanol–water partition coefficient (Wildman–Crippen LogP) is 2.00. The van der Waals surface area contributed by atoms with Gasteiger partial charge < -0.3 is 14.8 Å². The molecule has 22 heavy (non-hydrogen) atoms. The highest BCUT2D eigenvalue weighted by Crippen LogP contribution is 2.27. The molecule has 0 aliphatic heterocycles. The van der Waals surface area contributed by atoms with Gasteiger partial charge in [-0.15, -0.1) is 0 Å². The van der Waals surface area contributed by atoms with Crippen molar-refractivity contribution in [2.75, 3.05) is 20.8 Å². The minimum atomic E-state index is -0.307. The fourth-order valence-electron chi connectivity index (χ4n) is 1.78. The first-order valence-electron chi connectivity index (χ1n) is 7.18. The number of methoxy groups -OCH3 is 2. The average Bonchev–Trinajstić information content (AvgIpc) is 2.55. The Morgan fingerprint density at radius 1 is 1.14 bits per heavy atom. The van der Waals surface area contributed by atoms with Crippen molar-refractivity contribution in [2.45, 2.75) is 26.2 Å². The summed E-state index contributed by atoms with van der Waals surface area (Å²) in [5.74, 6) is 0.759. The van der Waals surface area contributed by atoms with Crippen LogP contribution in [-0.2, 0) is 0 Å². The summed E-state index contributed by atoms with van der Waals surface area (Å²) in [6.45, 7) is 2.92. The van der Waals surface area contributed by atoms with Crippen molar-refractivity contribution in [3.05, 3.63) is 23.8 Å². The molecule has 0 spiro atoms. The minimum Gasteiger partial charge on any atom is -0.493 e. The number of carbonyl (C=O) groups excluding carboxylic acids is 1. The summed E-state index contributed by atoms with van der Waals surface area (Å²) in [6, 6.07) is 4.93. The van der Waals surface area contributed by atoms with E-state index in [-0.39, 0.29) is 5.91 Å². The molecule has 0 heterocycles. The van der Waals surface area contributed by atoms with Crippen molar-refractivity contribution in [1.29, 1.82) is 0 Å². The van der Waals surface area contributed by atoms with Crippen molar-refractivity contribution in [1.82, 2.24) is 16.2 Å². The lowest BCUT2D eigenvalue weighted by Crippen LogP contribution is -2.46. The second-order valence-corrected chi connectivity index (χ2v) is 5.02. The standard InChI is InChI=1S/C15H23N3O3S/c1-4-5-6-9-16-15(22)18-17-14(19)11-7-8-12(20-2)13(10-11)21-3/h7-8,10H,4-6,9H2,1-3H3,(H,17,19)(H2,16,18,22). The van der Waals surface area contributed by atoms with Gasteiger partial charge in [0.25, 0.3) is 5.91 Å². The summed E-state index contributed by atoms with van der Waals surface area (Å²) in [6.07, 6.45) is 3.34. The van der Waals surface area contributed by atoms with Gasteiger partial charge in [0.05, 0.1) is 14.2 Å². The van der Waals surface area contributed by atoms with E-state index in [2.05, 4.69) is 23.1 Å². The van der Waals surface area contributed by atoms with Gasteiger partial charge in [-0.3, -0.25) is 15.6 Å². The Labute approximate surface area is 136 Å². The molecule has 1 aromatic rings. The van der Waals surface area contributed by atoms with Crippen molar-refractivity contribution in [3.63, 3.8) is 0 Å². The van der Waals surface area contributed by atoms with Crippen LogP contribution in [-0.4, -0.2) is 31.8 Å². The Kier molecular flexibility index (Phi) is 8.06. The van der Waals surface area contributed by atoms with Gasteiger partial charge in [0.2, 0.25) is 0 Å². The van der Waals surface area contributed by atoms with Gasteiger partial charge in [-0.05, 0) is 36.8 Å². The highest BCUT2D eigenvalue weighted by Gasteiger charge is 2.10. The smallest absolute Gasteiger partial charge is 0.269 e. The number of amides is 1. The summed E-state index contributed by atoms with van der Waals surface area (Å²) in [5.41, 5.74) is 5.66. The number of unbranched alkanes of at least 4 members (excludes halogenated alkanes) is 2. The molecule has 1 amide bonds. The molecule has 0 saturated heterocycles. The zero-order chi connectivity index (χ0) is 16.4. The number of rotatable bonds is 7. The molecule has 0 saturated carbocycles. The molecule has 122 valence electrons. The lowest BCUT2D eigenvalue weighted by Gasteiger charge is -2.12. The van der Waals surface area contributed by atoms with E-state index in [1.807, 2.05) is 0 Å². The molecule has 0 atom stereocenters. The van der Waals surface area contributed by atoms with Crippen molar-refractivity contribution >= 4 is 23.2 Å². The van der Waals surface area contributed by atoms with Crippen LogP contribution in [0.2, 0.25) is 0 Å². The highest BCUT2D eigenvalue weighted by atomic mass is 32.1. The Balaban J connectivity index is 2.46. The first kappa shape index (κ1) is 18.0. The van der Waals surface area contributed by atoms with Crippen LogP contribution in [0.25, 0.3) is 0 Å². The highest BCUT2D eigenvalue weighted by molar-refractivity contribution is 7.80. The predicted molar refractivity (Wildman–Crippen MR) is 90.3 cm³/mol. The third kappa shape index (κ3) is 5.77. The van der Waals surface area contributed by atoms with Crippen LogP contribution in [0.3, 0.4) is 0 Å². The molecule has 0 aliphatic carbocycles. The first-order chi connectivity index (χ1) is 10.6. The van der Waals surface area contributed by atoms with Gasteiger partial charge in [0.1, 0.15) is 0 Å². The van der Waals surface area contributed by atoms with Crippen LogP contribution in [0.15, 0.2) is 18.2 Å². The Bertz CT molecular complexity index is 509. The molecule has 1 aromatic carbocycles. The minimum absolute atomic E-state index is 0.307. The summed E-state index contributed by atoms with van der Waals surface area (Å²) in [7, 11) is 3.06. The molecule has 0 radical (unpaired) electrons.